The van der Waals surface area contributed by atoms with Gasteiger partial charge in [0, 0.05) is 17.5 Å². The van der Waals surface area contributed by atoms with Crippen molar-refractivity contribution in [2.24, 2.45) is 5.73 Å². The number of hydrogen-bond acceptors (Lipinski definition) is 5. The van der Waals surface area contributed by atoms with E-state index in [1.54, 1.807) is 12.3 Å². The summed E-state index contributed by atoms with van der Waals surface area (Å²) < 4.78 is 28.0. The summed E-state index contributed by atoms with van der Waals surface area (Å²) in [5, 5.41) is 2.10. The Kier molecular flexibility index (Phi) is 3.15. The molecular formula is C8H14N4O2S2. The third kappa shape index (κ3) is 3.14. The van der Waals surface area contributed by atoms with Gasteiger partial charge in [-0.25, -0.2) is 9.71 Å². The van der Waals surface area contributed by atoms with Crippen molar-refractivity contribution in [1.82, 2.24) is 9.71 Å². The summed E-state index contributed by atoms with van der Waals surface area (Å²) in [5.74, 6) is 0. The van der Waals surface area contributed by atoms with Crippen LogP contribution in [-0.4, -0.2) is 19.4 Å². The highest BCUT2D eigenvalue weighted by Crippen LogP contribution is 2.22. The Morgan fingerprint density at radius 3 is 2.81 bits per heavy atom. The molecule has 1 unspecified atom stereocenters. The van der Waals surface area contributed by atoms with Crippen LogP contribution in [0.15, 0.2) is 5.38 Å². The van der Waals surface area contributed by atoms with Crippen molar-refractivity contribution in [3.8, 4) is 0 Å². The van der Waals surface area contributed by atoms with Gasteiger partial charge in [-0.2, -0.15) is 13.1 Å². The molecule has 2 rings (SSSR count). The predicted octanol–water partition coefficient (Wildman–Crippen LogP) is 0.572. The number of anilines is 1. The third-order valence-corrected chi connectivity index (χ3v) is 4.12. The molecule has 16 heavy (non-hydrogen) atoms. The molecule has 4 N–H and O–H groups in total. The highest BCUT2D eigenvalue weighted by atomic mass is 32.2. The minimum atomic E-state index is -3.48. The number of nitrogens with zero attached hydrogens (tertiary/aromatic N) is 1. The van der Waals surface area contributed by atoms with Crippen molar-refractivity contribution in [1.29, 1.82) is 0 Å². The summed E-state index contributed by atoms with van der Waals surface area (Å²) in [4.78, 5) is 4.09. The van der Waals surface area contributed by atoms with E-state index in [0.29, 0.717) is 10.8 Å². The van der Waals surface area contributed by atoms with Crippen LogP contribution in [-0.2, 0) is 10.2 Å². The Balaban J connectivity index is 2.01. The second-order valence-electron chi connectivity index (χ2n) is 3.86. The number of thiazole rings is 1. The van der Waals surface area contributed by atoms with Gasteiger partial charge in [0.1, 0.15) is 0 Å². The van der Waals surface area contributed by atoms with Gasteiger partial charge in [-0.1, -0.05) is 0 Å². The number of hydrogen-bond donors (Lipinski definition) is 3. The largest absolute Gasteiger partial charge is 0.323 e. The molecule has 0 amide bonds. The summed E-state index contributed by atoms with van der Waals surface area (Å²) in [6, 6.07) is -0.101. The van der Waals surface area contributed by atoms with Gasteiger partial charge in [0.05, 0.1) is 5.69 Å². The van der Waals surface area contributed by atoms with Gasteiger partial charge in [-0.05, 0) is 19.8 Å². The number of nitrogens with one attached hydrogen (secondary N) is 2. The quantitative estimate of drug-likeness (QED) is 0.722. The molecule has 1 saturated carbocycles. The van der Waals surface area contributed by atoms with E-state index in [-0.39, 0.29) is 12.1 Å². The molecule has 1 heterocycles. The highest BCUT2D eigenvalue weighted by Gasteiger charge is 2.27. The van der Waals surface area contributed by atoms with Crippen LogP contribution in [0.4, 0.5) is 5.13 Å². The molecule has 1 aromatic rings. The van der Waals surface area contributed by atoms with Crippen molar-refractivity contribution < 1.29 is 8.42 Å². The molecule has 0 aliphatic heterocycles. The van der Waals surface area contributed by atoms with E-state index in [1.165, 1.54) is 11.3 Å². The van der Waals surface area contributed by atoms with E-state index in [4.69, 9.17) is 5.73 Å². The van der Waals surface area contributed by atoms with Crippen molar-refractivity contribution in [2.45, 2.75) is 31.8 Å². The Labute approximate surface area is 98.4 Å². The van der Waals surface area contributed by atoms with Crippen molar-refractivity contribution in [2.75, 3.05) is 4.72 Å². The average molecular weight is 262 g/mol. The van der Waals surface area contributed by atoms with E-state index in [1.807, 2.05) is 0 Å². The Bertz CT molecular complexity index is 464. The normalized spacial score (nSPS) is 18.4. The van der Waals surface area contributed by atoms with Crippen LogP contribution in [0.5, 0.6) is 0 Å². The van der Waals surface area contributed by atoms with Crippen molar-refractivity contribution in [3.05, 3.63) is 11.1 Å². The molecule has 0 saturated heterocycles. The standard InChI is InChI=1S/C8H14N4O2S2/c1-5(9)7-4-15-8(10-7)12-16(13,14)11-6-2-3-6/h4-6,11H,2-3,9H2,1H3,(H,10,12). The minimum absolute atomic E-state index is 0.0883. The Hall–Kier alpha value is -0.700. The van der Waals surface area contributed by atoms with E-state index in [2.05, 4.69) is 14.4 Å². The molecule has 1 aliphatic carbocycles. The van der Waals surface area contributed by atoms with Gasteiger partial charge >= 0.3 is 10.2 Å². The summed E-state index contributed by atoms with van der Waals surface area (Å²) >= 11 is 1.23. The summed E-state index contributed by atoms with van der Waals surface area (Å²) in [7, 11) is -3.48. The molecule has 6 nitrogen and oxygen atoms in total. The maximum Gasteiger partial charge on any atom is 0.301 e. The van der Waals surface area contributed by atoms with Crippen LogP contribution in [0.25, 0.3) is 0 Å². The van der Waals surface area contributed by atoms with Gasteiger partial charge in [-0.3, -0.25) is 0 Å². The molecule has 0 bridgehead atoms. The van der Waals surface area contributed by atoms with Crippen LogP contribution >= 0.6 is 11.3 Å². The lowest BCUT2D eigenvalue weighted by atomic mass is 10.3. The lowest BCUT2D eigenvalue weighted by molar-refractivity contribution is 0.586. The van der Waals surface area contributed by atoms with Gasteiger partial charge in [0.15, 0.2) is 5.13 Å². The molecule has 1 atom stereocenters. The molecular weight excluding hydrogens is 248 g/mol. The second kappa shape index (κ2) is 4.28. The number of aromatic nitrogens is 1. The van der Waals surface area contributed by atoms with E-state index >= 15 is 0 Å². The minimum Gasteiger partial charge on any atom is -0.323 e. The van der Waals surface area contributed by atoms with Crippen LogP contribution < -0.4 is 15.2 Å². The fraction of sp³-hybridized carbons (Fsp3) is 0.625. The van der Waals surface area contributed by atoms with Gasteiger partial charge in [0.25, 0.3) is 0 Å². The van der Waals surface area contributed by atoms with Crippen LogP contribution in [0.1, 0.15) is 31.5 Å². The molecule has 0 spiro atoms. The zero-order chi connectivity index (χ0) is 11.8. The molecule has 8 heteroatoms. The van der Waals surface area contributed by atoms with E-state index in [0.717, 1.165) is 12.8 Å². The summed E-state index contributed by atoms with van der Waals surface area (Å²) in [5.41, 5.74) is 6.32. The van der Waals surface area contributed by atoms with Crippen LogP contribution in [0.2, 0.25) is 0 Å². The second-order valence-corrected chi connectivity index (χ2v) is 6.17. The fourth-order valence-corrected chi connectivity index (χ4v) is 3.30. The first-order valence-electron chi connectivity index (χ1n) is 4.97. The average Bonchev–Trinajstić information content (AvgIpc) is 2.80. The SMILES string of the molecule is CC(N)c1csc(NS(=O)(=O)NC2CC2)n1. The molecule has 90 valence electrons. The maximum absolute atomic E-state index is 11.5. The van der Waals surface area contributed by atoms with Gasteiger partial charge < -0.3 is 5.73 Å². The first kappa shape index (κ1) is 11.8. The highest BCUT2D eigenvalue weighted by molar-refractivity contribution is 7.91. The molecule has 1 aliphatic rings. The van der Waals surface area contributed by atoms with Crippen molar-refractivity contribution in [3.63, 3.8) is 0 Å². The van der Waals surface area contributed by atoms with E-state index < -0.39 is 10.2 Å². The zero-order valence-corrected chi connectivity index (χ0v) is 10.4. The Morgan fingerprint density at radius 2 is 2.31 bits per heavy atom. The van der Waals surface area contributed by atoms with Gasteiger partial charge in [-0.15, -0.1) is 11.3 Å². The third-order valence-electron chi connectivity index (χ3n) is 2.11. The predicted molar refractivity (Wildman–Crippen MR) is 63.4 cm³/mol. The molecule has 0 aromatic carbocycles. The maximum atomic E-state index is 11.5. The first-order chi connectivity index (χ1) is 7.46. The summed E-state index contributed by atoms with van der Waals surface area (Å²) in [6.07, 6.45) is 1.81. The van der Waals surface area contributed by atoms with E-state index in [9.17, 15) is 8.42 Å². The van der Waals surface area contributed by atoms with Crippen LogP contribution in [0.3, 0.4) is 0 Å². The molecule has 0 radical (unpaired) electrons. The smallest absolute Gasteiger partial charge is 0.301 e. The topological polar surface area (TPSA) is 97.1 Å². The van der Waals surface area contributed by atoms with Crippen molar-refractivity contribution >= 4 is 26.7 Å². The van der Waals surface area contributed by atoms with Gasteiger partial charge in [0.2, 0.25) is 0 Å². The van der Waals surface area contributed by atoms with Crippen LogP contribution in [0, 0.1) is 0 Å². The molecule has 1 fully saturated rings. The Morgan fingerprint density at radius 1 is 1.62 bits per heavy atom. The lowest BCUT2D eigenvalue weighted by Crippen LogP contribution is -2.31. The number of nitrogens with two attached hydrogens (primary N) is 1. The fourth-order valence-electron chi connectivity index (χ4n) is 1.11. The lowest BCUT2D eigenvalue weighted by Gasteiger charge is -2.05. The zero-order valence-electron chi connectivity index (χ0n) is 8.80. The number of rotatable bonds is 5. The first-order valence-corrected chi connectivity index (χ1v) is 7.33. The monoisotopic (exact) mass is 262 g/mol. The molecule has 1 aromatic heterocycles. The summed E-state index contributed by atoms with van der Waals surface area (Å²) in [6.45, 7) is 1.80.